The molecule has 2 fully saturated rings. The van der Waals surface area contributed by atoms with E-state index in [0.717, 1.165) is 53.3 Å². The Labute approximate surface area is 188 Å². The highest BCUT2D eigenvalue weighted by Crippen LogP contribution is 2.45. The minimum Gasteiger partial charge on any atom is -0.507 e. The second kappa shape index (κ2) is 7.66. The maximum atomic E-state index is 13.4. The normalized spacial score (nSPS) is 21.2. The Bertz CT molecular complexity index is 1280. The van der Waals surface area contributed by atoms with Crippen molar-refractivity contribution in [1.29, 1.82) is 0 Å². The van der Waals surface area contributed by atoms with Crippen LogP contribution < -0.4 is 0 Å². The molecule has 1 aliphatic carbocycles. The van der Waals surface area contributed by atoms with Crippen molar-refractivity contribution >= 4 is 28.4 Å². The predicted molar refractivity (Wildman–Crippen MR) is 125 cm³/mol. The second-order valence-corrected chi connectivity index (χ2v) is 9.18. The van der Waals surface area contributed by atoms with Gasteiger partial charge in [-0.25, -0.2) is 0 Å². The Kier molecular flexibility index (Phi) is 4.92. The molecule has 1 unspecified atom stereocenters. The molecule has 1 N–H and O–H groups in total. The predicted octanol–water partition coefficient (Wildman–Crippen LogP) is 5.16. The van der Waals surface area contributed by atoms with Gasteiger partial charge in [-0.1, -0.05) is 48.7 Å². The van der Waals surface area contributed by atoms with E-state index in [1.54, 1.807) is 4.90 Å². The van der Waals surface area contributed by atoms with Crippen LogP contribution in [0.15, 0.2) is 54.2 Å². The van der Waals surface area contributed by atoms with Gasteiger partial charge in [-0.2, -0.15) is 0 Å². The summed E-state index contributed by atoms with van der Waals surface area (Å²) in [6.45, 7) is 3.87. The molecular weight excluding hydrogens is 400 g/mol. The van der Waals surface area contributed by atoms with E-state index in [4.69, 9.17) is 0 Å². The van der Waals surface area contributed by atoms with E-state index in [1.807, 2.05) is 74.1 Å². The highest BCUT2D eigenvalue weighted by atomic mass is 16.3. The van der Waals surface area contributed by atoms with Gasteiger partial charge in [0.05, 0.1) is 11.6 Å². The molecule has 32 heavy (non-hydrogen) atoms. The number of fused-ring (bicyclic) bond motifs is 1. The van der Waals surface area contributed by atoms with Crippen LogP contribution in [-0.2, 0) is 16.6 Å². The lowest BCUT2D eigenvalue weighted by molar-refractivity contribution is -0.141. The molecule has 2 heterocycles. The van der Waals surface area contributed by atoms with E-state index in [0.29, 0.717) is 5.56 Å². The largest absolute Gasteiger partial charge is 0.507 e. The molecule has 2 aromatic carbocycles. The van der Waals surface area contributed by atoms with E-state index in [1.165, 1.54) is 0 Å². The smallest absolute Gasteiger partial charge is 0.295 e. The van der Waals surface area contributed by atoms with Crippen LogP contribution in [0.5, 0.6) is 0 Å². The Morgan fingerprint density at radius 3 is 2.50 bits per heavy atom. The number of Topliss-reactive ketones (excluding diaryl/α,β-unsaturated/α-hetero) is 1. The molecule has 1 aliphatic heterocycles. The third-order valence-electron chi connectivity index (χ3n) is 7.07. The van der Waals surface area contributed by atoms with Crippen molar-refractivity contribution in [3.05, 3.63) is 76.5 Å². The van der Waals surface area contributed by atoms with Crippen molar-refractivity contribution in [2.24, 2.45) is 7.05 Å². The van der Waals surface area contributed by atoms with E-state index in [9.17, 15) is 14.7 Å². The molecule has 5 rings (SSSR count). The number of likely N-dealkylation sites (tertiary alicyclic amines) is 1. The Morgan fingerprint density at radius 2 is 1.75 bits per heavy atom. The number of ketones is 1. The average Bonchev–Trinajstić information content (AvgIpc) is 3.48. The minimum absolute atomic E-state index is 0.0133. The number of aliphatic hydroxyl groups excluding tert-OH is 1. The number of carbonyl (C=O) groups is 2. The fraction of sp³-hybridized carbons (Fsp3) is 0.333. The van der Waals surface area contributed by atoms with E-state index >= 15 is 0 Å². The SMILES string of the molecule is Cc1ccc(C)c(/C(O)=C2\C(=O)C(=O)N(C3CCCC3)C2c2cn(C)c3ccccc23)c1. The summed E-state index contributed by atoms with van der Waals surface area (Å²) in [6.07, 6.45) is 5.87. The zero-order valence-electron chi connectivity index (χ0n) is 18.8. The molecule has 1 aromatic heterocycles. The molecule has 164 valence electrons. The summed E-state index contributed by atoms with van der Waals surface area (Å²) < 4.78 is 2.03. The van der Waals surface area contributed by atoms with Gasteiger partial charge in [-0.05, 0) is 44.4 Å². The number of para-hydroxylation sites is 1. The molecule has 0 radical (unpaired) electrons. The van der Waals surface area contributed by atoms with Gasteiger partial charge in [0.2, 0.25) is 0 Å². The molecule has 0 spiro atoms. The standard InChI is InChI=1S/C27H28N2O3/c1-16-12-13-17(2)20(14-16)25(30)23-24(21-15-28(3)22-11-7-6-10-19(21)22)29(27(32)26(23)31)18-8-4-5-9-18/h6-7,10-15,18,24,30H,4-5,8-9H2,1-3H3/b25-23+. The summed E-state index contributed by atoms with van der Waals surface area (Å²) >= 11 is 0. The molecule has 1 saturated heterocycles. The van der Waals surface area contributed by atoms with Crippen LogP contribution in [0.25, 0.3) is 16.7 Å². The first kappa shape index (κ1) is 20.6. The zero-order valence-corrected chi connectivity index (χ0v) is 18.8. The average molecular weight is 429 g/mol. The van der Waals surface area contributed by atoms with E-state index < -0.39 is 17.7 Å². The third-order valence-corrected chi connectivity index (χ3v) is 7.07. The molecule has 5 heteroatoms. The highest BCUT2D eigenvalue weighted by molar-refractivity contribution is 6.46. The van der Waals surface area contributed by atoms with E-state index in [2.05, 4.69) is 0 Å². The molecule has 0 bridgehead atoms. The van der Waals surface area contributed by atoms with Crippen molar-refractivity contribution < 1.29 is 14.7 Å². The summed E-state index contributed by atoms with van der Waals surface area (Å²) in [5, 5.41) is 12.5. The monoisotopic (exact) mass is 428 g/mol. The topological polar surface area (TPSA) is 62.5 Å². The summed E-state index contributed by atoms with van der Waals surface area (Å²) in [5.74, 6) is -1.17. The number of hydrogen-bond acceptors (Lipinski definition) is 3. The molecule has 1 saturated carbocycles. The van der Waals surface area contributed by atoms with E-state index in [-0.39, 0.29) is 17.4 Å². The van der Waals surface area contributed by atoms with Crippen LogP contribution in [0, 0.1) is 13.8 Å². The molecule has 2 aliphatic rings. The maximum absolute atomic E-state index is 13.4. The molecule has 3 aromatic rings. The first-order valence-corrected chi connectivity index (χ1v) is 11.3. The van der Waals surface area contributed by atoms with Gasteiger partial charge in [0.1, 0.15) is 5.76 Å². The van der Waals surface area contributed by atoms with Crippen LogP contribution in [0.4, 0.5) is 0 Å². The minimum atomic E-state index is -0.593. The van der Waals surface area contributed by atoms with Gasteiger partial charge in [0.25, 0.3) is 11.7 Å². The summed E-state index contributed by atoms with van der Waals surface area (Å²) in [5.41, 5.74) is 4.60. The summed E-state index contributed by atoms with van der Waals surface area (Å²) in [4.78, 5) is 28.5. The Balaban J connectivity index is 1.79. The van der Waals surface area contributed by atoms with Gasteiger partial charge in [-0.3, -0.25) is 9.59 Å². The number of benzene rings is 2. The zero-order chi connectivity index (χ0) is 22.6. The fourth-order valence-electron chi connectivity index (χ4n) is 5.44. The van der Waals surface area contributed by atoms with Gasteiger partial charge in [0.15, 0.2) is 0 Å². The van der Waals surface area contributed by atoms with Crippen LogP contribution in [0.2, 0.25) is 0 Å². The number of aromatic nitrogens is 1. The molecular formula is C27H28N2O3. The van der Waals surface area contributed by atoms with Crippen molar-refractivity contribution in [2.75, 3.05) is 0 Å². The van der Waals surface area contributed by atoms with Crippen molar-refractivity contribution in [2.45, 2.75) is 51.6 Å². The number of carbonyl (C=O) groups excluding carboxylic acids is 2. The highest BCUT2D eigenvalue weighted by Gasteiger charge is 2.50. The number of hydrogen-bond donors (Lipinski definition) is 1. The van der Waals surface area contributed by atoms with Crippen molar-refractivity contribution in [1.82, 2.24) is 9.47 Å². The number of aliphatic hydroxyl groups is 1. The summed E-state index contributed by atoms with van der Waals surface area (Å²) in [6, 6.07) is 13.2. The summed E-state index contributed by atoms with van der Waals surface area (Å²) in [7, 11) is 1.97. The van der Waals surface area contributed by atoms with Gasteiger partial charge in [0, 0.05) is 41.3 Å². The fourth-order valence-corrected chi connectivity index (χ4v) is 5.44. The molecule has 1 amide bonds. The number of nitrogens with zero attached hydrogens (tertiary/aromatic N) is 2. The van der Waals surface area contributed by atoms with Crippen LogP contribution in [0.1, 0.15) is 54.0 Å². The van der Waals surface area contributed by atoms with Crippen LogP contribution in [-0.4, -0.2) is 32.3 Å². The Morgan fingerprint density at radius 1 is 1.03 bits per heavy atom. The number of amides is 1. The quantitative estimate of drug-likeness (QED) is 0.356. The van der Waals surface area contributed by atoms with Crippen molar-refractivity contribution in [3.63, 3.8) is 0 Å². The van der Waals surface area contributed by atoms with Gasteiger partial charge in [-0.15, -0.1) is 0 Å². The maximum Gasteiger partial charge on any atom is 0.295 e. The number of aryl methyl sites for hydroxylation is 3. The first-order valence-electron chi connectivity index (χ1n) is 11.3. The molecule has 1 atom stereocenters. The lowest BCUT2D eigenvalue weighted by Gasteiger charge is -2.30. The van der Waals surface area contributed by atoms with Gasteiger partial charge < -0.3 is 14.6 Å². The molecule has 5 nitrogen and oxygen atoms in total. The van der Waals surface area contributed by atoms with Crippen molar-refractivity contribution in [3.8, 4) is 0 Å². The third kappa shape index (κ3) is 3.07. The van der Waals surface area contributed by atoms with Crippen LogP contribution in [0.3, 0.4) is 0 Å². The van der Waals surface area contributed by atoms with Gasteiger partial charge >= 0.3 is 0 Å². The van der Waals surface area contributed by atoms with Crippen LogP contribution >= 0.6 is 0 Å². The lowest BCUT2D eigenvalue weighted by atomic mass is 9.92. The lowest BCUT2D eigenvalue weighted by Crippen LogP contribution is -2.37. The second-order valence-electron chi connectivity index (χ2n) is 9.18. The first-order chi connectivity index (χ1) is 15.4. The number of rotatable bonds is 3. The Hall–Kier alpha value is -3.34.